The lowest BCUT2D eigenvalue weighted by Gasteiger charge is -2.22. The van der Waals surface area contributed by atoms with Gasteiger partial charge in [0.2, 0.25) is 0 Å². The van der Waals surface area contributed by atoms with E-state index in [1.165, 1.54) is 0 Å². The van der Waals surface area contributed by atoms with Gasteiger partial charge < -0.3 is 20.1 Å². The Morgan fingerprint density at radius 2 is 2.23 bits per heavy atom. The summed E-state index contributed by atoms with van der Waals surface area (Å²) in [7, 11) is 0. The van der Waals surface area contributed by atoms with Gasteiger partial charge in [0.25, 0.3) is 0 Å². The Balaban J connectivity index is 1.57. The fraction of sp³-hybridized carbons (Fsp3) is 0.588. The van der Waals surface area contributed by atoms with Gasteiger partial charge in [0.15, 0.2) is 11.6 Å². The number of hydrogen-bond donors (Lipinski definition) is 2. The van der Waals surface area contributed by atoms with Gasteiger partial charge in [-0.3, -0.25) is 4.79 Å². The number of carbonyl (C=O) groups excluding carboxylic acids is 1. The van der Waals surface area contributed by atoms with Gasteiger partial charge in [-0.15, -0.1) is 0 Å². The molecule has 2 saturated heterocycles. The van der Waals surface area contributed by atoms with E-state index in [1.807, 2.05) is 37.3 Å². The smallest absolute Gasteiger partial charge is 0.183 e. The number of hydrogen-bond acceptors (Lipinski definition) is 5. The first-order valence-electron chi connectivity index (χ1n) is 8.02. The van der Waals surface area contributed by atoms with Crippen molar-refractivity contribution in [3.05, 3.63) is 30.3 Å². The van der Waals surface area contributed by atoms with Gasteiger partial charge in [0.05, 0.1) is 31.3 Å². The molecule has 0 aliphatic carbocycles. The highest BCUT2D eigenvalue weighted by atomic mass is 16.7. The molecule has 0 amide bonds. The molecule has 4 unspecified atom stereocenters. The molecule has 3 rings (SSSR count). The van der Waals surface area contributed by atoms with Crippen LogP contribution in [0.2, 0.25) is 0 Å². The molecule has 0 saturated carbocycles. The molecule has 1 aromatic rings. The highest BCUT2D eigenvalue weighted by molar-refractivity contribution is 5.91. The van der Waals surface area contributed by atoms with Crippen LogP contribution in [-0.4, -0.2) is 42.9 Å². The first kappa shape index (κ1) is 15.5. The van der Waals surface area contributed by atoms with E-state index in [1.54, 1.807) is 0 Å². The van der Waals surface area contributed by atoms with Crippen LogP contribution in [0.15, 0.2) is 30.3 Å². The number of Topliss-reactive ketones (excluding diaryl/α,β-unsaturated/α-hetero) is 1. The monoisotopic (exact) mass is 304 g/mol. The van der Waals surface area contributed by atoms with Gasteiger partial charge in [-0.25, -0.2) is 0 Å². The van der Waals surface area contributed by atoms with E-state index in [2.05, 4.69) is 17.6 Å². The van der Waals surface area contributed by atoms with Crippen molar-refractivity contribution in [3.8, 4) is 0 Å². The fourth-order valence-corrected chi connectivity index (χ4v) is 3.11. The standard InChI is InChI=1S/C17H24N2O3/c1-3-14-10-21-17(22-14)9-15(18-11-17)16(20)12(2)19-13-7-5-4-6-8-13/h4-8,12,14-15,18-19H,3,9-11H2,1-2H3. The molecule has 120 valence electrons. The molecule has 0 bridgehead atoms. The molecular weight excluding hydrogens is 280 g/mol. The van der Waals surface area contributed by atoms with Gasteiger partial charge in [-0.05, 0) is 25.5 Å². The lowest BCUT2D eigenvalue weighted by Crippen LogP contribution is -2.40. The summed E-state index contributed by atoms with van der Waals surface area (Å²) in [5, 5.41) is 6.51. The highest BCUT2D eigenvalue weighted by Crippen LogP contribution is 2.33. The molecule has 22 heavy (non-hydrogen) atoms. The molecule has 5 nitrogen and oxygen atoms in total. The van der Waals surface area contributed by atoms with E-state index in [0.717, 1.165) is 12.1 Å². The number of para-hydroxylation sites is 1. The van der Waals surface area contributed by atoms with Crippen LogP contribution < -0.4 is 10.6 Å². The summed E-state index contributed by atoms with van der Waals surface area (Å²) < 4.78 is 11.8. The Kier molecular flexibility index (Phi) is 4.47. The van der Waals surface area contributed by atoms with E-state index >= 15 is 0 Å². The minimum absolute atomic E-state index is 0.146. The van der Waals surface area contributed by atoms with Crippen LogP contribution in [0.3, 0.4) is 0 Å². The summed E-state index contributed by atoms with van der Waals surface area (Å²) in [6.07, 6.45) is 1.67. The van der Waals surface area contributed by atoms with Crippen molar-refractivity contribution < 1.29 is 14.3 Å². The Labute approximate surface area is 131 Å². The fourth-order valence-electron chi connectivity index (χ4n) is 3.11. The summed E-state index contributed by atoms with van der Waals surface area (Å²) in [4.78, 5) is 12.6. The quantitative estimate of drug-likeness (QED) is 0.870. The Morgan fingerprint density at radius 1 is 1.45 bits per heavy atom. The average Bonchev–Trinajstić information content (AvgIpc) is 3.15. The molecule has 2 heterocycles. The molecule has 4 atom stereocenters. The van der Waals surface area contributed by atoms with Crippen LogP contribution in [0.25, 0.3) is 0 Å². The number of ether oxygens (including phenoxy) is 2. The van der Waals surface area contributed by atoms with Gasteiger partial charge in [-0.2, -0.15) is 0 Å². The van der Waals surface area contributed by atoms with Crippen molar-refractivity contribution in [3.63, 3.8) is 0 Å². The first-order valence-corrected chi connectivity index (χ1v) is 8.02. The Hall–Kier alpha value is -1.43. The van der Waals surface area contributed by atoms with Crippen molar-refractivity contribution >= 4 is 11.5 Å². The zero-order valence-electron chi connectivity index (χ0n) is 13.2. The zero-order valence-corrected chi connectivity index (χ0v) is 13.2. The maximum Gasteiger partial charge on any atom is 0.183 e. The lowest BCUT2D eigenvalue weighted by atomic mass is 10.0. The number of carbonyl (C=O) groups is 1. The van der Waals surface area contributed by atoms with Crippen molar-refractivity contribution in [1.82, 2.24) is 5.32 Å². The molecule has 2 aliphatic heterocycles. The van der Waals surface area contributed by atoms with E-state index in [9.17, 15) is 4.79 Å². The van der Waals surface area contributed by atoms with Gasteiger partial charge in [-0.1, -0.05) is 25.1 Å². The van der Waals surface area contributed by atoms with Gasteiger partial charge in [0, 0.05) is 12.1 Å². The molecule has 2 N–H and O–H groups in total. The summed E-state index contributed by atoms with van der Waals surface area (Å²) in [5.74, 6) is -0.458. The van der Waals surface area contributed by atoms with Crippen LogP contribution in [0.1, 0.15) is 26.7 Å². The predicted octanol–water partition coefficient (Wildman–Crippen LogP) is 1.94. The maximum absolute atomic E-state index is 12.6. The van der Waals surface area contributed by atoms with E-state index in [-0.39, 0.29) is 24.0 Å². The number of nitrogens with one attached hydrogen (secondary N) is 2. The summed E-state index contributed by atoms with van der Waals surface area (Å²) in [6, 6.07) is 9.31. The molecule has 2 aliphatic rings. The van der Waals surface area contributed by atoms with Crippen molar-refractivity contribution in [1.29, 1.82) is 0 Å². The maximum atomic E-state index is 12.6. The normalized spacial score (nSPS) is 32.3. The number of rotatable bonds is 5. The van der Waals surface area contributed by atoms with Crippen LogP contribution in [0.5, 0.6) is 0 Å². The first-order chi connectivity index (χ1) is 10.6. The Morgan fingerprint density at radius 3 is 2.91 bits per heavy atom. The number of benzene rings is 1. The van der Waals surface area contributed by atoms with Crippen molar-refractivity contribution in [2.45, 2.75) is 50.7 Å². The van der Waals surface area contributed by atoms with Crippen LogP contribution >= 0.6 is 0 Å². The van der Waals surface area contributed by atoms with E-state index < -0.39 is 5.79 Å². The Bertz CT molecular complexity index is 522. The highest BCUT2D eigenvalue weighted by Gasteiger charge is 2.49. The minimum Gasteiger partial charge on any atom is -0.375 e. The summed E-state index contributed by atoms with van der Waals surface area (Å²) in [5.41, 5.74) is 0.954. The van der Waals surface area contributed by atoms with Crippen molar-refractivity contribution in [2.24, 2.45) is 0 Å². The summed E-state index contributed by atoms with van der Waals surface area (Å²) >= 11 is 0. The summed E-state index contributed by atoms with van der Waals surface area (Å²) in [6.45, 7) is 5.19. The average molecular weight is 304 g/mol. The predicted molar refractivity (Wildman–Crippen MR) is 84.8 cm³/mol. The zero-order chi connectivity index (χ0) is 15.6. The van der Waals surface area contributed by atoms with Crippen molar-refractivity contribution in [2.75, 3.05) is 18.5 Å². The minimum atomic E-state index is -0.604. The SMILES string of the molecule is CCC1COC2(CNC(C(=O)C(C)Nc3ccccc3)C2)O1. The third kappa shape index (κ3) is 3.16. The van der Waals surface area contributed by atoms with Crippen LogP contribution in [-0.2, 0) is 14.3 Å². The second-order valence-electron chi connectivity index (χ2n) is 6.14. The van der Waals surface area contributed by atoms with Gasteiger partial charge in [0.1, 0.15) is 0 Å². The molecule has 2 fully saturated rings. The third-order valence-corrected chi connectivity index (χ3v) is 4.43. The van der Waals surface area contributed by atoms with Crippen LogP contribution in [0, 0.1) is 0 Å². The molecular formula is C17H24N2O3. The topological polar surface area (TPSA) is 59.6 Å². The molecule has 1 aromatic carbocycles. The molecule has 1 spiro atoms. The molecule has 0 aromatic heterocycles. The largest absolute Gasteiger partial charge is 0.375 e. The van der Waals surface area contributed by atoms with E-state index in [4.69, 9.17) is 9.47 Å². The third-order valence-electron chi connectivity index (χ3n) is 4.43. The number of anilines is 1. The van der Waals surface area contributed by atoms with Gasteiger partial charge >= 0.3 is 0 Å². The van der Waals surface area contributed by atoms with Crippen LogP contribution in [0.4, 0.5) is 5.69 Å². The second kappa shape index (κ2) is 6.36. The van der Waals surface area contributed by atoms with E-state index in [0.29, 0.717) is 19.6 Å². The number of ketones is 1. The lowest BCUT2D eigenvalue weighted by molar-refractivity contribution is -0.154. The second-order valence-corrected chi connectivity index (χ2v) is 6.14. The molecule has 5 heteroatoms. The molecule has 0 radical (unpaired) electrons.